The summed E-state index contributed by atoms with van der Waals surface area (Å²) in [6, 6.07) is 11.4. The lowest BCUT2D eigenvalue weighted by molar-refractivity contribution is 0.188. The molecule has 3 atom stereocenters. The molecule has 5 heterocycles. The Bertz CT molecular complexity index is 1590. The summed E-state index contributed by atoms with van der Waals surface area (Å²) in [7, 11) is 2.08. The number of halogens is 2. The van der Waals surface area contributed by atoms with Crippen molar-refractivity contribution in [3.8, 4) is 23.0 Å². The lowest BCUT2D eigenvalue weighted by atomic mass is 10.00. The predicted molar refractivity (Wildman–Crippen MR) is 150 cm³/mol. The largest absolute Gasteiger partial charge is 0.508 e. The first-order chi connectivity index (χ1) is 18.9. The Morgan fingerprint density at radius 3 is 2.90 bits per heavy atom. The summed E-state index contributed by atoms with van der Waals surface area (Å²) < 4.78 is 22.5. The average Bonchev–Trinajstić information content (AvgIpc) is 3.46. The molecule has 0 aliphatic carbocycles. The van der Waals surface area contributed by atoms with Crippen LogP contribution in [0, 0.1) is 5.82 Å². The van der Waals surface area contributed by atoms with Gasteiger partial charge in [-0.1, -0.05) is 24.3 Å². The van der Waals surface area contributed by atoms with E-state index in [0.717, 1.165) is 43.0 Å². The van der Waals surface area contributed by atoms with Gasteiger partial charge in [-0.2, -0.15) is 9.97 Å². The zero-order valence-corrected chi connectivity index (χ0v) is 22.5. The number of nitrogens with one attached hydrogen (secondary N) is 1. The van der Waals surface area contributed by atoms with E-state index in [-0.39, 0.29) is 35.1 Å². The molecule has 2 aromatic heterocycles. The van der Waals surface area contributed by atoms with Crippen LogP contribution in [-0.4, -0.2) is 75.3 Å². The Kier molecular flexibility index (Phi) is 5.98. The maximum absolute atomic E-state index is 16.4. The number of aromatic hydroxyl groups is 1. The summed E-state index contributed by atoms with van der Waals surface area (Å²) in [4.78, 5) is 17.7. The van der Waals surface area contributed by atoms with Crippen molar-refractivity contribution in [2.75, 3.05) is 38.2 Å². The SMILES string of the molecule is CN1CCC[C@H]1COc1nc(N2CC3CCC(Cl)(C2)N3)c2cnc(-c3cc(O)cc4ccccc34)c(F)c2n1. The zero-order valence-electron chi connectivity index (χ0n) is 21.7. The first kappa shape index (κ1) is 24.7. The van der Waals surface area contributed by atoms with E-state index in [2.05, 4.69) is 32.1 Å². The van der Waals surface area contributed by atoms with Gasteiger partial charge in [0.25, 0.3) is 0 Å². The van der Waals surface area contributed by atoms with Crippen LogP contribution in [0.3, 0.4) is 0 Å². The molecule has 202 valence electrons. The number of benzene rings is 2. The van der Waals surface area contributed by atoms with Gasteiger partial charge < -0.3 is 19.6 Å². The number of fused-ring (bicyclic) bond motifs is 4. The van der Waals surface area contributed by atoms with E-state index in [0.29, 0.717) is 36.5 Å². The smallest absolute Gasteiger partial charge is 0.319 e. The van der Waals surface area contributed by atoms with E-state index >= 15 is 4.39 Å². The van der Waals surface area contributed by atoms with Gasteiger partial charge in [0.2, 0.25) is 0 Å². The normalized spacial score (nSPS) is 25.2. The third kappa shape index (κ3) is 4.42. The summed E-state index contributed by atoms with van der Waals surface area (Å²) in [5.74, 6) is 0.0436. The van der Waals surface area contributed by atoms with Gasteiger partial charge in [0.05, 0.1) is 11.9 Å². The van der Waals surface area contributed by atoms with Gasteiger partial charge in [-0.15, -0.1) is 11.6 Å². The van der Waals surface area contributed by atoms with E-state index in [1.807, 2.05) is 24.3 Å². The standard InChI is InChI=1S/C29H30ClFN6O2/c1-36-10-4-6-19(36)15-39-28-33-26-23(27(34-28)37-14-18-8-9-29(30,16-37)35-18)13-32-25(24(26)31)22-12-20(38)11-17-5-2-3-7-21(17)22/h2-3,5,7,11-13,18-19,35,38H,4,6,8-10,14-16H2,1H3/t18?,19-,29?/m0/s1. The fraction of sp³-hybridized carbons (Fsp3) is 0.414. The number of rotatable bonds is 5. The van der Waals surface area contributed by atoms with Crippen LogP contribution in [-0.2, 0) is 0 Å². The number of aromatic nitrogens is 3. The predicted octanol–water partition coefficient (Wildman–Crippen LogP) is 4.67. The van der Waals surface area contributed by atoms with Crippen molar-refractivity contribution in [3.63, 3.8) is 0 Å². The Balaban J connectivity index is 1.36. The van der Waals surface area contributed by atoms with Crippen molar-refractivity contribution in [1.29, 1.82) is 0 Å². The van der Waals surface area contributed by atoms with Crippen LogP contribution in [0.1, 0.15) is 25.7 Å². The zero-order chi connectivity index (χ0) is 26.7. The maximum Gasteiger partial charge on any atom is 0.319 e. The van der Waals surface area contributed by atoms with Crippen LogP contribution < -0.4 is 15.0 Å². The molecule has 3 aliphatic rings. The van der Waals surface area contributed by atoms with Crippen molar-refractivity contribution in [2.45, 2.75) is 42.8 Å². The third-order valence-electron chi connectivity index (χ3n) is 8.36. The Morgan fingerprint density at radius 2 is 2.08 bits per heavy atom. The van der Waals surface area contributed by atoms with Crippen molar-refractivity contribution in [1.82, 2.24) is 25.2 Å². The molecule has 8 nitrogen and oxygen atoms in total. The number of alkyl halides is 1. The number of anilines is 1. The third-order valence-corrected chi connectivity index (χ3v) is 8.77. The number of likely N-dealkylation sites (tertiary alicyclic amines) is 1. The van der Waals surface area contributed by atoms with Crippen LogP contribution in [0.4, 0.5) is 10.2 Å². The number of hydrogen-bond acceptors (Lipinski definition) is 8. The minimum absolute atomic E-state index is 0.0433. The van der Waals surface area contributed by atoms with Gasteiger partial charge in [0.1, 0.15) is 34.4 Å². The molecule has 0 radical (unpaired) electrons. The lowest BCUT2D eigenvalue weighted by Crippen LogP contribution is -2.57. The number of phenolic OH excluding ortho intramolecular Hbond substituents is 1. The van der Waals surface area contributed by atoms with Gasteiger partial charge >= 0.3 is 6.01 Å². The highest BCUT2D eigenvalue weighted by atomic mass is 35.5. The maximum atomic E-state index is 16.4. The number of phenols is 1. The fourth-order valence-corrected chi connectivity index (χ4v) is 6.74. The van der Waals surface area contributed by atoms with Crippen LogP contribution in [0.5, 0.6) is 11.8 Å². The molecule has 3 aliphatic heterocycles. The summed E-state index contributed by atoms with van der Waals surface area (Å²) in [6.45, 7) is 2.69. The highest BCUT2D eigenvalue weighted by Gasteiger charge is 2.44. The Morgan fingerprint density at radius 1 is 1.21 bits per heavy atom. The number of likely N-dealkylation sites (N-methyl/N-ethyl adjacent to an activating group) is 1. The number of hydrogen-bond donors (Lipinski definition) is 2. The van der Waals surface area contributed by atoms with Crippen molar-refractivity contribution >= 4 is 39.1 Å². The molecule has 10 heteroatoms. The minimum Gasteiger partial charge on any atom is -0.508 e. The van der Waals surface area contributed by atoms with Gasteiger partial charge in [-0.25, -0.2) is 4.39 Å². The van der Waals surface area contributed by atoms with Gasteiger partial charge in [-0.05, 0) is 62.2 Å². The molecule has 0 saturated carbocycles. The van der Waals surface area contributed by atoms with Crippen molar-refractivity contribution < 1.29 is 14.2 Å². The van der Waals surface area contributed by atoms with Gasteiger partial charge in [0, 0.05) is 30.4 Å². The van der Waals surface area contributed by atoms with E-state index in [4.69, 9.17) is 21.3 Å². The highest BCUT2D eigenvalue weighted by molar-refractivity contribution is 6.24. The summed E-state index contributed by atoms with van der Waals surface area (Å²) >= 11 is 6.86. The van der Waals surface area contributed by atoms with Crippen molar-refractivity contribution in [3.05, 3.63) is 48.4 Å². The second-order valence-electron chi connectivity index (χ2n) is 11.0. The van der Waals surface area contributed by atoms with Gasteiger partial charge in [-0.3, -0.25) is 10.3 Å². The highest BCUT2D eigenvalue weighted by Crippen LogP contribution is 2.39. The summed E-state index contributed by atoms with van der Waals surface area (Å²) in [6.07, 6.45) is 5.62. The van der Waals surface area contributed by atoms with Crippen molar-refractivity contribution in [2.24, 2.45) is 0 Å². The molecule has 2 aromatic carbocycles. The second kappa shape index (κ2) is 9.43. The molecule has 2 N–H and O–H groups in total. The quantitative estimate of drug-likeness (QED) is 0.275. The molecule has 0 spiro atoms. The second-order valence-corrected chi connectivity index (χ2v) is 11.8. The topological polar surface area (TPSA) is 86.6 Å². The monoisotopic (exact) mass is 548 g/mol. The Labute approximate surface area is 230 Å². The Hall–Kier alpha value is -3.27. The van der Waals surface area contributed by atoms with E-state index in [1.54, 1.807) is 18.3 Å². The van der Waals surface area contributed by atoms with E-state index in [9.17, 15) is 5.11 Å². The molecule has 3 saturated heterocycles. The van der Waals surface area contributed by atoms with Crippen LogP contribution in [0.2, 0.25) is 0 Å². The van der Waals surface area contributed by atoms with E-state index in [1.165, 1.54) is 0 Å². The van der Waals surface area contributed by atoms with E-state index < -0.39 is 10.8 Å². The molecule has 0 amide bonds. The first-order valence-electron chi connectivity index (χ1n) is 13.5. The molecule has 2 bridgehead atoms. The minimum atomic E-state index is -0.576. The fourth-order valence-electron chi connectivity index (χ4n) is 6.34. The molecular formula is C29H30ClFN6O2. The van der Waals surface area contributed by atoms with Crippen LogP contribution in [0.25, 0.3) is 32.9 Å². The molecular weight excluding hydrogens is 519 g/mol. The number of nitrogens with zero attached hydrogens (tertiary/aromatic N) is 5. The summed E-state index contributed by atoms with van der Waals surface area (Å²) in [5.41, 5.74) is 0.761. The van der Waals surface area contributed by atoms with Crippen LogP contribution >= 0.6 is 11.6 Å². The molecule has 2 unspecified atom stereocenters. The molecule has 7 rings (SSSR count). The number of ether oxygens (including phenoxy) is 1. The molecule has 4 aromatic rings. The van der Waals surface area contributed by atoms with Gasteiger partial charge in [0.15, 0.2) is 5.82 Å². The molecule has 39 heavy (non-hydrogen) atoms. The molecule has 3 fully saturated rings. The summed E-state index contributed by atoms with van der Waals surface area (Å²) in [5, 5.41) is 16.0. The lowest BCUT2D eigenvalue weighted by Gasteiger charge is -2.38. The number of piperazine rings is 1. The average molecular weight is 549 g/mol. The number of pyridine rings is 1. The first-order valence-corrected chi connectivity index (χ1v) is 13.9. The van der Waals surface area contributed by atoms with Crippen LogP contribution in [0.15, 0.2) is 42.6 Å².